The van der Waals surface area contributed by atoms with Crippen molar-refractivity contribution in [3.63, 3.8) is 0 Å². The molecular formula is C18H26ClN3O3S. The second-order valence-electron chi connectivity index (χ2n) is 7.04. The lowest BCUT2D eigenvalue weighted by Crippen LogP contribution is -2.48. The molecule has 1 saturated carbocycles. The van der Waals surface area contributed by atoms with Gasteiger partial charge in [0.25, 0.3) is 0 Å². The molecule has 2 fully saturated rings. The monoisotopic (exact) mass is 399 g/mol. The minimum Gasteiger partial charge on any atom is -0.339 e. The van der Waals surface area contributed by atoms with Crippen LogP contribution in [-0.4, -0.2) is 62.4 Å². The maximum absolute atomic E-state index is 12.5. The smallest absolute Gasteiger partial charge is 0.240 e. The van der Waals surface area contributed by atoms with Crippen LogP contribution in [0.4, 0.5) is 0 Å². The van der Waals surface area contributed by atoms with Crippen molar-refractivity contribution in [1.29, 1.82) is 0 Å². The number of halogens is 1. The molecule has 1 aliphatic carbocycles. The standard InChI is InChI=1S/C18H26ClN3O3S/c1-2-22(16-5-6-16)18(23)13-21-11-9-15(10-12-21)20-26(24,25)17-7-3-14(19)4-8-17/h3-4,7-8,15-16,20H,2,5-6,9-13H2,1H3. The summed E-state index contributed by atoms with van der Waals surface area (Å²) in [5.74, 6) is 0.190. The van der Waals surface area contributed by atoms with Crippen LogP contribution in [0.15, 0.2) is 29.2 Å². The largest absolute Gasteiger partial charge is 0.339 e. The van der Waals surface area contributed by atoms with Gasteiger partial charge in [0, 0.05) is 36.7 Å². The fourth-order valence-corrected chi connectivity index (χ4v) is 4.85. The van der Waals surface area contributed by atoms with Gasteiger partial charge < -0.3 is 4.90 Å². The zero-order valence-electron chi connectivity index (χ0n) is 15.0. The molecule has 0 bridgehead atoms. The summed E-state index contributed by atoms with van der Waals surface area (Å²) in [5, 5.41) is 0.509. The van der Waals surface area contributed by atoms with Gasteiger partial charge in [0.1, 0.15) is 0 Å². The zero-order valence-corrected chi connectivity index (χ0v) is 16.6. The molecule has 1 aromatic rings. The molecule has 1 saturated heterocycles. The van der Waals surface area contributed by atoms with Crippen LogP contribution in [0, 0.1) is 0 Å². The number of rotatable bonds is 7. The molecule has 1 amide bonds. The highest BCUT2D eigenvalue weighted by molar-refractivity contribution is 7.89. The predicted octanol–water partition coefficient (Wildman–Crippen LogP) is 2.09. The zero-order chi connectivity index (χ0) is 18.7. The third-order valence-electron chi connectivity index (χ3n) is 5.04. The van der Waals surface area contributed by atoms with Gasteiger partial charge in [-0.15, -0.1) is 0 Å². The first-order chi connectivity index (χ1) is 12.4. The Morgan fingerprint density at radius 3 is 2.35 bits per heavy atom. The Morgan fingerprint density at radius 1 is 1.19 bits per heavy atom. The molecule has 0 atom stereocenters. The number of carbonyl (C=O) groups excluding carboxylic acids is 1. The van der Waals surface area contributed by atoms with Crippen LogP contribution < -0.4 is 4.72 Å². The van der Waals surface area contributed by atoms with E-state index in [0.717, 1.165) is 32.5 Å². The lowest BCUT2D eigenvalue weighted by Gasteiger charge is -2.33. The van der Waals surface area contributed by atoms with Crippen LogP contribution in [0.1, 0.15) is 32.6 Å². The van der Waals surface area contributed by atoms with Gasteiger partial charge in [-0.25, -0.2) is 13.1 Å². The molecule has 3 rings (SSSR count). The molecule has 144 valence electrons. The molecule has 1 aromatic carbocycles. The minimum atomic E-state index is -3.54. The normalized spacial score (nSPS) is 19.5. The van der Waals surface area contributed by atoms with Crippen molar-refractivity contribution in [1.82, 2.24) is 14.5 Å². The molecule has 1 aliphatic heterocycles. The number of likely N-dealkylation sites (tertiary alicyclic amines) is 1. The average Bonchev–Trinajstić information content (AvgIpc) is 3.42. The summed E-state index contributed by atoms with van der Waals surface area (Å²) >= 11 is 5.82. The van der Waals surface area contributed by atoms with Crippen molar-refractivity contribution in [3.8, 4) is 0 Å². The summed E-state index contributed by atoms with van der Waals surface area (Å²) in [5.41, 5.74) is 0. The number of nitrogens with one attached hydrogen (secondary N) is 1. The van der Waals surface area contributed by atoms with E-state index in [0.29, 0.717) is 30.5 Å². The van der Waals surface area contributed by atoms with E-state index in [2.05, 4.69) is 9.62 Å². The van der Waals surface area contributed by atoms with Gasteiger partial charge in [-0.1, -0.05) is 11.6 Å². The Morgan fingerprint density at radius 2 is 1.81 bits per heavy atom. The maximum Gasteiger partial charge on any atom is 0.240 e. The Labute approximate surface area is 160 Å². The highest BCUT2D eigenvalue weighted by Gasteiger charge is 2.32. The van der Waals surface area contributed by atoms with Crippen molar-refractivity contribution in [3.05, 3.63) is 29.3 Å². The van der Waals surface area contributed by atoms with Crippen LogP contribution in [-0.2, 0) is 14.8 Å². The van der Waals surface area contributed by atoms with E-state index in [-0.39, 0.29) is 16.8 Å². The summed E-state index contributed by atoms with van der Waals surface area (Å²) in [6.45, 7) is 4.67. The first kappa shape index (κ1) is 19.6. The lowest BCUT2D eigenvalue weighted by molar-refractivity contribution is -0.133. The molecule has 1 heterocycles. The second kappa shape index (κ2) is 8.25. The van der Waals surface area contributed by atoms with E-state index in [9.17, 15) is 13.2 Å². The van der Waals surface area contributed by atoms with Crippen LogP contribution in [0.25, 0.3) is 0 Å². The number of benzene rings is 1. The highest BCUT2D eigenvalue weighted by Crippen LogP contribution is 2.27. The van der Waals surface area contributed by atoms with E-state index in [1.165, 1.54) is 12.1 Å². The van der Waals surface area contributed by atoms with Gasteiger partial charge in [0.15, 0.2) is 0 Å². The number of piperidine rings is 1. The fourth-order valence-electron chi connectivity index (χ4n) is 3.42. The van der Waals surface area contributed by atoms with Crippen LogP contribution in [0.2, 0.25) is 5.02 Å². The van der Waals surface area contributed by atoms with Crippen LogP contribution in [0.3, 0.4) is 0 Å². The van der Waals surface area contributed by atoms with Gasteiger partial charge in [-0.2, -0.15) is 0 Å². The molecule has 1 N–H and O–H groups in total. The van der Waals surface area contributed by atoms with Crippen molar-refractivity contribution in [2.75, 3.05) is 26.2 Å². The number of amides is 1. The summed E-state index contributed by atoms with van der Waals surface area (Å²) < 4.78 is 27.7. The van der Waals surface area contributed by atoms with Crippen LogP contribution in [0.5, 0.6) is 0 Å². The van der Waals surface area contributed by atoms with Crippen molar-refractivity contribution < 1.29 is 13.2 Å². The van der Waals surface area contributed by atoms with Crippen molar-refractivity contribution >= 4 is 27.5 Å². The summed E-state index contributed by atoms with van der Waals surface area (Å²) in [6.07, 6.45) is 3.65. The van der Waals surface area contributed by atoms with Crippen molar-refractivity contribution in [2.24, 2.45) is 0 Å². The third-order valence-corrected chi connectivity index (χ3v) is 6.83. The number of hydrogen-bond donors (Lipinski definition) is 1. The first-order valence-corrected chi connectivity index (χ1v) is 11.0. The van der Waals surface area contributed by atoms with Gasteiger partial charge in [-0.05, 0) is 56.9 Å². The molecule has 6 nitrogen and oxygen atoms in total. The van der Waals surface area contributed by atoms with Gasteiger partial charge >= 0.3 is 0 Å². The van der Waals surface area contributed by atoms with E-state index < -0.39 is 10.0 Å². The number of sulfonamides is 1. The minimum absolute atomic E-state index is 0.104. The molecule has 0 spiro atoms. The van der Waals surface area contributed by atoms with Gasteiger partial charge in [0.05, 0.1) is 11.4 Å². The molecule has 2 aliphatic rings. The molecule has 26 heavy (non-hydrogen) atoms. The van der Waals surface area contributed by atoms with E-state index in [4.69, 9.17) is 11.6 Å². The second-order valence-corrected chi connectivity index (χ2v) is 9.19. The first-order valence-electron chi connectivity index (χ1n) is 9.19. The number of nitrogens with zero attached hydrogens (tertiary/aromatic N) is 2. The van der Waals surface area contributed by atoms with E-state index >= 15 is 0 Å². The Kier molecular flexibility index (Phi) is 6.22. The predicted molar refractivity (Wildman–Crippen MR) is 102 cm³/mol. The van der Waals surface area contributed by atoms with Gasteiger partial charge in [-0.3, -0.25) is 9.69 Å². The van der Waals surface area contributed by atoms with Gasteiger partial charge in [0.2, 0.25) is 15.9 Å². The third kappa shape index (κ3) is 4.97. The van der Waals surface area contributed by atoms with Crippen molar-refractivity contribution in [2.45, 2.75) is 49.6 Å². The Bertz CT molecular complexity index is 727. The molecule has 0 aromatic heterocycles. The van der Waals surface area contributed by atoms with Crippen LogP contribution >= 0.6 is 11.6 Å². The highest BCUT2D eigenvalue weighted by atomic mass is 35.5. The topological polar surface area (TPSA) is 69.7 Å². The molecular weight excluding hydrogens is 374 g/mol. The summed E-state index contributed by atoms with van der Waals surface area (Å²) in [6, 6.07) is 6.50. The Hall–Kier alpha value is -1.15. The quantitative estimate of drug-likeness (QED) is 0.762. The fraction of sp³-hybridized carbons (Fsp3) is 0.611. The number of carbonyl (C=O) groups is 1. The van der Waals surface area contributed by atoms with E-state index in [1.54, 1.807) is 12.1 Å². The van der Waals surface area contributed by atoms with E-state index in [1.807, 2.05) is 11.8 Å². The molecule has 0 radical (unpaired) electrons. The number of hydrogen-bond acceptors (Lipinski definition) is 4. The summed E-state index contributed by atoms with van der Waals surface area (Å²) in [4.78, 5) is 16.7. The summed E-state index contributed by atoms with van der Waals surface area (Å²) in [7, 11) is -3.54. The maximum atomic E-state index is 12.5. The number of likely N-dealkylation sites (N-methyl/N-ethyl adjacent to an activating group) is 1. The Balaban J connectivity index is 1.49. The lowest BCUT2D eigenvalue weighted by atomic mass is 10.1. The average molecular weight is 400 g/mol. The molecule has 0 unspecified atom stereocenters. The SMILES string of the molecule is CCN(C(=O)CN1CCC(NS(=O)(=O)c2ccc(Cl)cc2)CC1)C1CC1. The molecule has 8 heteroatoms.